The molecule has 0 N–H and O–H groups in total. The van der Waals surface area contributed by atoms with E-state index < -0.39 is 13.9 Å². The first-order chi connectivity index (χ1) is 13.5. The molecule has 0 fully saturated rings. The summed E-state index contributed by atoms with van der Waals surface area (Å²) in [7, 11) is 16.2. The molecule has 152 valence electrons. The minimum absolute atomic E-state index is 0.00458. The number of fused-ring (bicyclic) bond motifs is 2. The Morgan fingerprint density at radius 2 is 1.00 bits per heavy atom. The van der Waals surface area contributed by atoms with E-state index in [0.29, 0.717) is 0 Å². The maximum absolute atomic E-state index is 8.09. The summed E-state index contributed by atoms with van der Waals surface area (Å²) in [6, 6.07) is 8.82. The van der Waals surface area contributed by atoms with E-state index in [1.165, 1.54) is 44.5 Å². The maximum atomic E-state index is 8.09. The first-order valence-corrected chi connectivity index (χ1v) is 22.5. The minimum atomic E-state index is -5.26. The summed E-state index contributed by atoms with van der Waals surface area (Å²) in [5.41, 5.74) is 10.3. The fraction of sp³-hybridized carbons (Fsp3) is 0.308. The second-order valence-electron chi connectivity index (χ2n) is 9.25. The van der Waals surface area contributed by atoms with Crippen LogP contribution in [0, 0.1) is 27.7 Å². The Labute approximate surface area is 179 Å². The molecule has 0 heterocycles. The zero-order valence-electron chi connectivity index (χ0n) is 18.2. The Kier molecular flexibility index (Phi) is 4.65. The second kappa shape index (κ2) is 6.32. The molecule has 0 bridgehead atoms. The Morgan fingerprint density at radius 1 is 0.655 bits per heavy atom. The molecule has 4 rings (SSSR count). The number of rotatable bonds is 2. The van der Waals surface area contributed by atoms with Crippen molar-refractivity contribution < 1.29 is 13.9 Å². The third-order valence-electron chi connectivity index (χ3n) is 7.96. The molecule has 2 aromatic rings. The number of hydrogen-bond acceptors (Lipinski definition) is 0. The first-order valence-electron chi connectivity index (χ1n) is 10.5. The van der Waals surface area contributed by atoms with Crippen LogP contribution in [-0.2, 0) is 13.9 Å². The summed E-state index contributed by atoms with van der Waals surface area (Å²) in [6.45, 7) is 12.9. The van der Waals surface area contributed by atoms with Crippen molar-refractivity contribution in [3.8, 4) is 0 Å². The summed E-state index contributed by atoms with van der Waals surface area (Å²) in [5, 5.41) is 0. The van der Waals surface area contributed by atoms with Crippen LogP contribution in [0.4, 0.5) is 0 Å². The molecule has 0 radical (unpaired) electrons. The Bertz CT molecular complexity index is 1210. The average Bonchev–Trinajstić information content (AvgIpc) is 3.36. The van der Waals surface area contributed by atoms with Crippen molar-refractivity contribution in [1.82, 2.24) is 0 Å². The van der Waals surface area contributed by atoms with Gasteiger partial charge in [-0.2, -0.15) is 0 Å². The molecule has 3 heteroatoms. The Morgan fingerprint density at radius 3 is 1.34 bits per heavy atom. The van der Waals surface area contributed by atoms with Gasteiger partial charge in [-0.25, -0.2) is 0 Å². The number of allylic oxidation sites excluding steroid dienone is 2. The van der Waals surface area contributed by atoms with Gasteiger partial charge in [0.05, 0.1) is 0 Å². The van der Waals surface area contributed by atoms with E-state index in [0.717, 1.165) is 0 Å². The van der Waals surface area contributed by atoms with Crippen LogP contribution in [0.15, 0.2) is 36.4 Å². The van der Waals surface area contributed by atoms with Gasteiger partial charge in [0.25, 0.3) is 0 Å². The van der Waals surface area contributed by atoms with Crippen molar-refractivity contribution in [1.29, 1.82) is 0 Å². The quantitative estimate of drug-likeness (QED) is 0.390. The fourth-order valence-electron chi connectivity index (χ4n) is 5.83. The van der Waals surface area contributed by atoms with Crippen LogP contribution in [0.2, 0.25) is 0 Å². The molecule has 0 aromatic heterocycles. The molecular weight excluding hydrogens is 474 g/mol. The third-order valence-corrected chi connectivity index (χ3v) is 35.7. The number of benzene rings is 2. The van der Waals surface area contributed by atoms with Crippen molar-refractivity contribution in [2.45, 2.75) is 48.8 Å². The SMILES string of the molecule is C[CH]=[Zr]([Cl])([Cl])(=[CH]C)([CH]1C=Cc2c(C)ccc(C)c21)[CH]1C=Cc2c(C)ccc(C)c21. The van der Waals surface area contributed by atoms with E-state index in [9.17, 15) is 0 Å². The standard InChI is InChI=1S/2C11H11.2C2H4.2ClH.Zr/c2*1-8-6-7-9(2)11-5-3-4-10(8)11;2*1-2;;;/h2*3-7H,1-2H3;2*1H,2H3;2*1H;/q;;;;;;+2/p-2. The Balaban J connectivity index is 2.14. The van der Waals surface area contributed by atoms with Gasteiger partial charge in [-0.3, -0.25) is 0 Å². The molecule has 0 saturated heterocycles. The van der Waals surface area contributed by atoms with E-state index >= 15 is 0 Å². The van der Waals surface area contributed by atoms with Crippen LogP contribution in [0.1, 0.15) is 65.6 Å². The van der Waals surface area contributed by atoms with Gasteiger partial charge in [-0.05, 0) is 0 Å². The summed E-state index contributed by atoms with van der Waals surface area (Å²) in [5.74, 6) is 0. The normalized spacial score (nSPS) is 20.8. The number of hydrogen-bond donors (Lipinski definition) is 0. The Hall–Kier alpha value is -0.877. The predicted octanol–water partition coefficient (Wildman–Crippen LogP) is 7.93. The zero-order chi connectivity index (χ0) is 21.3. The van der Waals surface area contributed by atoms with E-state index in [2.05, 4.69) is 97.5 Å². The molecule has 2 aromatic carbocycles. The topological polar surface area (TPSA) is 0 Å². The molecule has 0 spiro atoms. The van der Waals surface area contributed by atoms with Gasteiger partial charge in [0.2, 0.25) is 0 Å². The molecule has 0 nitrogen and oxygen atoms in total. The van der Waals surface area contributed by atoms with Crippen LogP contribution in [0.25, 0.3) is 12.2 Å². The van der Waals surface area contributed by atoms with Crippen LogP contribution < -0.4 is 0 Å². The van der Waals surface area contributed by atoms with Crippen molar-refractivity contribution >= 4 is 36.6 Å². The van der Waals surface area contributed by atoms with Gasteiger partial charge in [-0.1, -0.05) is 0 Å². The van der Waals surface area contributed by atoms with Gasteiger partial charge in [0.1, 0.15) is 0 Å². The summed E-state index contributed by atoms with van der Waals surface area (Å²) >= 11 is -5.26. The van der Waals surface area contributed by atoms with E-state index in [4.69, 9.17) is 17.0 Å². The molecule has 2 aliphatic carbocycles. The zero-order valence-corrected chi connectivity index (χ0v) is 22.2. The van der Waals surface area contributed by atoms with Gasteiger partial charge in [0, 0.05) is 0 Å². The molecule has 29 heavy (non-hydrogen) atoms. The fourth-order valence-corrected chi connectivity index (χ4v) is 23.7. The van der Waals surface area contributed by atoms with Crippen molar-refractivity contribution in [2.24, 2.45) is 0 Å². The molecule has 2 atom stereocenters. The number of halogens is 2. The van der Waals surface area contributed by atoms with Crippen LogP contribution in [0.3, 0.4) is 0 Å². The monoisotopic (exact) mass is 502 g/mol. The van der Waals surface area contributed by atoms with Gasteiger partial charge in [0.15, 0.2) is 0 Å². The van der Waals surface area contributed by atoms with E-state index in [1.807, 2.05) is 0 Å². The molecule has 0 saturated carbocycles. The molecule has 2 aliphatic rings. The molecule has 0 amide bonds. The van der Waals surface area contributed by atoms with Crippen molar-refractivity contribution in [2.75, 3.05) is 0 Å². The molecule has 2 unspecified atom stereocenters. The predicted molar refractivity (Wildman–Crippen MR) is 131 cm³/mol. The van der Waals surface area contributed by atoms with Gasteiger partial charge >= 0.3 is 180 Å². The first kappa shape index (κ1) is 21.4. The molecule has 0 aliphatic heterocycles. The molecular formula is C26H30Cl2Zr. The number of aryl methyl sites for hydroxylation is 4. The second-order valence-corrected chi connectivity index (χ2v) is 38.4. The van der Waals surface area contributed by atoms with Crippen molar-refractivity contribution in [3.63, 3.8) is 0 Å². The summed E-state index contributed by atoms with van der Waals surface area (Å²) in [6.07, 6.45) is 9.07. The van der Waals surface area contributed by atoms with Gasteiger partial charge in [-0.15, -0.1) is 0 Å². The van der Waals surface area contributed by atoms with E-state index in [-0.39, 0.29) is 7.25 Å². The average molecular weight is 505 g/mol. The summed E-state index contributed by atoms with van der Waals surface area (Å²) in [4.78, 5) is 0. The van der Waals surface area contributed by atoms with E-state index in [1.54, 1.807) is 0 Å². The summed E-state index contributed by atoms with van der Waals surface area (Å²) < 4.78 is 4.46. The third kappa shape index (κ3) is 2.60. The van der Waals surface area contributed by atoms with Crippen LogP contribution >= 0.6 is 17.0 Å². The van der Waals surface area contributed by atoms with Crippen molar-refractivity contribution in [3.05, 3.63) is 80.9 Å². The van der Waals surface area contributed by atoms with Crippen LogP contribution in [-0.4, -0.2) is 7.42 Å². The van der Waals surface area contributed by atoms with Crippen LogP contribution in [0.5, 0.6) is 0 Å². The van der Waals surface area contributed by atoms with Gasteiger partial charge < -0.3 is 0 Å².